The van der Waals surface area contributed by atoms with E-state index < -0.39 is 41.2 Å². The summed E-state index contributed by atoms with van der Waals surface area (Å²) in [6, 6.07) is 0. The van der Waals surface area contributed by atoms with E-state index in [1.165, 1.54) is 0 Å². The fourth-order valence-electron chi connectivity index (χ4n) is 4.46. The molecule has 51 heavy (non-hydrogen) atoms. The van der Waals surface area contributed by atoms with Crippen molar-refractivity contribution in [3.05, 3.63) is 108 Å². The zero-order valence-corrected chi connectivity index (χ0v) is 30.3. The van der Waals surface area contributed by atoms with E-state index in [1.807, 2.05) is 82.4 Å². The number of allylic oxidation sites excluding steroid dienone is 8. The Bertz CT molecular complexity index is 1500. The summed E-state index contributed by atoms with van der Waals surface area (Å²) in [5, 5.41) is 26.9. The zero-order chi connectivity index (χ0) is 38.5. The van der Waals surface area contributed by atoms with Gasteiger partial charge >= 0.3 is 29.8 Å². The van der Waals surface area contributed by atoms with Gasteiger partial charge in [0, 0.05) is 36.8 Å². The number of rotatable bonds is 14. The largest absolute Gasteiger partial charge is 0.481 e. The van der Waals surface area contributed by atoms with Gasteiger partial charge in [-0.15, -0.1) is 0 Å². The highest BCUT2D eigenvalue weighted by molar-refractivity contribution is 5.92. The van der Waals surface area contributed by atoms with E-state index in [9.17, 15) is 29.1 Å². The van der Waals surface area contributed by atoms with Gasteiger partial charge in [0.15, 0.2) is 0 Å². The van der Waals surface area contributed by atoms with Gasteiger partial charge in [-0.2, -0.15) is 0 Å². The third-order valence-corrected chi connectivity index (χ3v) is 7.71. The Kier molecular flexibility index (Phi) is 19.5. The summed E-state index contributed by atoms with van der Waals surface area (Å²) < 4.78 is 15.3. The summed E-state index contributed by atoms with van der Waals surface area (Å²) in [5.74, 6) is -2.90. The van der Waals surface area contributed by atoms with Crippen LogP contribution in [0.2, 0.25) is 0 Å². The van der Waals surface area contributed by atoms with Crippen LogP contribution in [0.25, 0.3) is 0 Å². The molecule has 0 radical (unpaired) electrons. The van der Waals surface area contributed by atoms with Crippen LogP contribution in [0.15, 0.2) is 108 Å². The Labute approximate surface area is 300 Å². The average molecular weight is 709 g/mol. The average Bonchev–Trinajstić information content (AvgIpc) is 3.42. The number of carbonyl (C=O) groups is 5. The van der Waals surface area contributed by atoms with Crippen molar-refractivity contribution in [2.45, 2.75) is 103 Å². The monoisotopic (exact) mass is 708 g/mol. The number of cyclic esters (lactones) is 3. The number of esters is 3. The van der Waals surface area contributed by atoms with Gasteiger partial charge in [0.25, 0.3) is 0 Å². The van der Waals surface area contributed by atoms with Crippen LogP contribution in [0, 0.1) is 0 Å². The van der Waals surface area contributed by atoms with Crippen molar-refractivity contribution in [2.24, 2.45) is 0 Å². The van der Waals surface area contributed by atoms with E-state index in [0.717, 1.165) is 12.0 Å². The Morgan fingerprint density at radius 1 is 0.961 bits per heavy atom. The molecule has 3 atom stereocenters. The van der Waals surface area contributed by atoms with Gasteiger partial charge in [0.1, 0.15) is 18.3 Å². The lowest BCUT2D eigenvalue weighted by molar-refractivity contribution is -0.144. The van der Waals surface area contributed by atoms with Crippen molar-refractivity contribution < 1.29 is 53.5 Å². The van der Waals surface area contributed by atoms with Crippen molar-refractivity contribution in [3.8, 4) is 0 Å². The van der Waals surface area contributed by atoms with E-state index in [4.69, 9.17) is 24.4 Å². The van der Waals surface area contributed by atoms with Crippen molar-refractivity contribution in [2.75, 3.05) is 6.61 Å². The van der Waals surface area contributed by atoms with Crippen LogP contribution in [0.1, 0.15) is 86.0 Å². The van der Waals surface area contributed by atoms with Crippen LogP contribution >= 0.6 is 0 Å². The predicted octanol–water partition coefficient (Wildman–Crippen LogP) is 6.97. The van der Waals surface area contributed by atoms with Gasteiger partial charge < -0.3 is 29.5 Å². The first-order valence-corrected chi connectivity index (χ1v) is 16.9. The first-order valence-electron chi connectivity index (χ1n) is 16.9. The summed E-state index contributed by atoms with van der Waals surface area (Å²) in [7, 11) is 0. The molecule has 0 spiro atoms. The second-order valence-electron chi connectivity index (χ2n) is 12.4. The molecular formula is C40H52O11. The highest BCUT2D eigenvalue weighted by Crippen LogP contribution is 2.28. The minimum atomic E-state index is -0.940. The molecule has 0 bridgehead atoms. The Hall–Kier alpha value is -5.03. The maximum atomic E-state index is 11.6. The van der Waals surface area contributed by atoms with Crippen molar-refractivity contribution in [1.29, 1.82) is 0 Å². The fourth-order valence-corrected chi connectivity index (χ4v) is 4.46. The van der Waals surface area contributed by atoms with E-state index in [2.05, 4.69) is 6.58 Å². The fraction of sp³-hybridized carbons (Fsp3) is 0.425. The van der Waals surface area contributed by atoms with E-state index in [1.54, 1.807) is 31.2 Å². The highest BCUT2D eigenvalue weighted by Gasteiger charge is 2.33. The van der Waals surface area contributed by atoms with Gasteiger partial charge in [-0.1, -0.05) is 68.2 Å². The SMILES string of the molecule is C/C=C/C=C/C=C1\C=C(CCC(=O)O)C(=O)OC1.C=C1C=C(CCC(=O)O)C(=O)OC1/C=C/C=C/C.CCC(C)(O)C/C=C/C1(C)CCC(=O)O1. The van der Waals surface area contributed by atoms with Gasteiger partial charge in [-0.05, 0) is 88.8 Å². The first kappa shape index (κ1) is 44.0. The van der Waals surface area contributed by atoms with E-state index >= 15 is 0 Å². The lowest BCUT2D eigenvalue weighted by Crippen LogP contribution is -2.24. The van der Waals surface area contributed by atoms with E-state index in [0.29, 0.717) is 36.0 Å². The van der Waals surface area contributed by atoms with E-state index in [-0.39, 0.29) is 38.3 Å². The van der Waals surface area contributed by atoms with Crippen LogP contribution in [-0.4, -0.2) is 69.1 Å². The molecule has 0 saturated carbocycles. The summed E-state index contributed by atoms with van der Waals surface area (Å²) in [6.45, 7) is 13.5. The second kappa shape index (κ2) is 22.6. The quantitative estimate of drug-likeness (QED) is 0.0736. The number of hydrogen-bond acceptors (Lipinski definition) is 9. The maximum Gasteiger partial charge on any atom is 0.334 e. The molecule has 278 valence electrons. The van der Waals surface area contributed by atoms with Crippen LogP contribution < -0.4 is 0 Å². The lowest BCUT2D eigenvalue weighted by atomic mass is 9.96. The molecule has 0 aromatic carbocycles. The molecule has 3 unspecified atom stereocenters. The van der Waals surface area contributed by atoms with Crippen molar-refractivity contribution >= 4 is 29.8 Å². The molecule has 11 nitrogen and oxygen atoms in total. The number of carboxylic acids is 2. The molecule has 0 aromatic heterocycles. The molecule has 1 fully saturated rings. The molecular weight excluding hydrogens is 656 g/mol. The number of ether oxygens (including phenoxy) is 3. The zero-order valence-electron chi connectivity index (χ0n) is 30.3. The Morgan fingerprint density at radius 3 is 2.12 bits per heavy atom. The first-order chi connectivity index (χ1) is 24.0. The van der Waals surface area contributed by atoms with Gasteiger partial charge in [0.2, 0.25) is 0 Å². The molecule has 3 aliphatic rings. The highest BCUT2D eigenvalue weighted by atomic mass is 16.6. The molecule has 11 heteroatoms. The summed E-state index contributed by atoms with van der Waals surface area (Å²) in [6.07, 6.45) is 25.9. The second-order valence-corrected chi connectivity index (χ2v) is 12.4. The van der Waals surface area contributed by atoms with Gasteiger partial charge in [-0.3, -0.25) is 14.4 Å². The third kappa shape index (κ3) is 18.5. The molecule has 0 aromatic rings. The third-order valence-electron chi connectivity index (χ3n) is 7.71. The number of hydrogen-bond donors (Lipinski definition) is 3. The predicted molar refractivity (Wildman–Crippen MR) is 194 cm³/mol. The summed E-state index contributed by atoms with van der Waals surface area (Å²) in [4.78, 5) is 54.9. The topological polar surface area (TPSA) is 174 Å². The lowest BCUT2D eigenvalue weighted by Gasteiger charge is -2.21. The number of carboxylic acid groups (broad SMARTS) is 2. The maximum absolute atomic E-state index is 11.6. The number of aliphatic hydroxyl groups is 1. The number of carbonyl (C=O) groups excluding carboxylic acids is 3. The smallest absolute Gasteiger partial charge is 0.334 e. The molecule has 3 aliphatic heterocycles. The molecule has 0 amide bonds. The molecule has 1 saturated heterocycles. The van der Waals surface area contributed by atoms with Crippen LogP contribution in [0.3, 0.4) is 0 Å². The van der Waals surface area contributed by atoms with Crippen molar-refractivity contribution in [3.63, 3.8) is 0 Å². The van der Waals surface area contributed by atoms with Crippen LogP contribution in [0.5, 0.6) is 0 Å². The van der Waals surface area contributed by atoms with Crippen LogP contribution in [-0.2, 0) is 38.2 Å². The Balaban J connectivity index is 0.000000384. The minimum absolute atomic E-state index is 0.0668. The van der Waals surface area contributed by atoms with Crippen LogP contribution in [0.4, 0.5) is 0 Å². The minimum Gasteiger partial charge on any atom is -0.481 e. The molecule has 3 rings (SSSR count). The summed E-state index contributed by atoms with van der Waals surface area (Å²) in [5.41, 5.74) is 1.16. The number of aliphatic carboxylic acids is 2. The normalized spacial score (nSPS) is 22.6. The molecule has 0 aliphatic carbocycles. The van der Waals surface area contributed by atoms with Gasteiger partial charge in [0.05, 0.1) is 5.60 Å². The molecule has 3 heterocycles. The van der Waals surface area contributed by atoms with Gasteiger partial charge in [-0.25, -0.2) is 9.59 Å². The standard InChI is InChI=1S/2C14H16O4.C12H20O3/c1-3-4-5-6-12-10(2)9-11(14(17)18-12)7-8-13(15)16;1-2-3-4-5-6-11-9-12(7-8-13(15)16)14(17)18-10-11;1-4-11(2,14)7-5-8-12(3)9-6-10(13)15-12/h3-6,9,12H,2,7-8H2,1H3,(H,15,16);2-6,9H,7-8,10H2,1H3,(H,15,16);5,8,14H,4,6-7,9H2,1-3H3/b4-3+,6-5+;3-2+,5-4+,11-6+;8-5+. The Morgan fingerprint density at radius 2 is 1.57 bits per heavy atom. The molecule has 3 N–H and O–H groups in total. The summed E-state index contributed by atoms with van der Waals surface area (Å²) >= 11 is 0. The van der Waals surface area contributed by atoms with Crippen molar-refractivity contribution in [1.82, 2.24) is 0 Å².